The van der Waals surface area contributed by atoms with Gasteiger partial charge in [-0.3, -0.25) is 4.79 Å². The topological polar surface area (TPSA) is 161 Å². The lowest BCUT2D eigenvalue weighted by atomic mass is 9.81. The molecule has 1 saturated heterocycles. The van der Waals surface area contributed by atoms with Crippen molar-refractivity contribution in [1.82, 2.24) is 0 Å². The largest absolute Gasteiger partial charge is 0.471 e. The zero-order chi connectivity index (χ0) is 21.7. The van der Waals surface area contributed by atoms with Crippen molar-refractivity contribution >= 4 is 11.9 Å². The van der Waals surface area contributed by atoms with Gasteiger partial charge >= 0.3 is 11.9 Å². The van der Waals surface area contributed by atoms with Gasteiger partial charge in [0, 0.05) is 11.8 Å². The minimum Gasteiger partial charge on any atom is -0.471 e. The molecule has 11 nitrogen and oxygen atoms in total. The average Bonchev–Trinajstić information content (AvgIpc) is 2.73. The number of carbonyl (C=O) groups is 2. The van der Waals surface area contributed by atoms with Crippen LogP contribution in [0.4, 0.5) is 0 Å². The number of ether oxygens (including phenoxy) is 5. The molecule has 2 heterocycles. The van der Waals surface area contributed by atoms with Crippen LogP contribution in [0.5, 0.6) is 0 Å². The molecule has 0 amide bonds. The molecule has 0 unspecified atom stereocenters. The van der Waals surface area contributed by atoms with Gasteiger partial charge in [0.05, 0.1) is 39.1 Å². The summed E-state index contributed by atoms with van der Waals surface area (Å²) < 4.78 is 25.7. The quantitative estimate of drug-likeness (QED) is 0.273. The maximum absolute atomic E-state index is 12.1. The highest BCUT2D eigenvalue weighted by Crippen LogP contribution is 2.37. The van der Waals surface area contributed by atoms with Crippen LogP contribution in [0.15, 0.2) is 24.5 Å². The molecule has 4 N–H and O–H groups in total. The molecule has 2 aliphatic heterocycles. The number of hydrogen-bond donors (Lipinski definition) is 4. The van der Waals surface area contributed by atoms with Gasteiger partial charge in [-0.1, -0.05) is 6.08 Å². The Hall–Kier alpha value is -2.02. The minimum atomic E-state index is -1.65. The lowest BCUT2D eigenvalue weighted by Gasteiger charge is -2.42. The number of hydrogen-bond acceptors (Lipinski definition) is 11. The van der Waals surface area contributed by atoms with E-state index in [1.807, 2.05) is 0 Å². The van der Waals surface area contributed by atoms with Crippen molar-refractivity contribution < 1.29 is 53.7 Å². The summed E-state index contributed by atoms with van der Waals surface area (Å²) in [5.74, 6) is -2.83. The summed E-state index contributed by atoms with van der Waals surface area (Å²) in [5.41, 5.74) is 0.0662. The van der Waals surface area contributed by atoms with Gasteiger partial charge < -0.3 is 44.1 Å². The van der Waals surface area contributed by atoms with Gasteiger partial charge in [-0.05, 0) is 0 Å². The van der Waals surface area contributed by atoms with Gasteiger partial charge in [-0.15, -0.1) is 6.58 Å². The minimum absolute atomic E-state index is 0.0662. The van der Waals surface area contributed by atoms with E-state index in [4.69, 9.17) is 18.9 Å². The third-order valence-electron chi connectivity index (χ3n) is 4.93. The number of rotatable bonds is 7. The molecule has 0 aromatic rings. The molecule has 0 aromatic heterocycles. The number of aliphatic hydroxyl groups is 4. The Morgan fingerprint density at radius 3 is 2.38 bits per heavy atom. The van der Waals surface area contributed by atoms with Crippen molar-refractivity contribution in [2.45, 2.75) is 43.4 Å². The monoisotopic (exact) mass is 418 g/mol. The van der Waals surface area contributed by atoms with Crippen molar-refractivity contribution in [3.8, 4) is 0 Å². The second kappa shape index (κ2) is 10.1. The first kappa shape index (κ1) is 23.3. The van der Waals surface area contributed by atoms with E-state index in [1.54, 1.807) is 0 Å². The van der Waals surface area contributed by atoms with Crippen LogP contribution in [0, 0.1) is 11.8 Å². The normalized spacial score (nSPS) is 37.1. The molecule has 164 valence electrons. The van der Waals surface area contributed by atoms with Crippen molar-refractivity contribution in [1.29, 1.82) is 0 Å². The second-order valence-corrected chi connectivity index (χ2v) is 6.60. The Balaban J connectivity index is 2.25. The van der Waals surface area contributed by atoms with E-state index in [2.05, 4.69) is 11.3 Å². The standard InChI is InChI=1S/C18H26O11/c1-4-8-9(5-12(20)25-2)10(16(24)26-3)7-27-17(8)29-18-15(23)14(22)13(21)11(6-19)28-18/h4,7-9,11,13-15,17-19,21-23H,1,5-6H2,2-3H3/t8-,9+,11-,13-,14+,15-,17+,18-/m1/s1. The predicted molar refractivity (Wildman–Crippen MR) is 93.6 cm³/mol. The molecule has 0 spiro atoms. The Labute approximate surface area is 167 Å². The molecule has 2 aliphatic rings. The summed E-state index contributed by atoms with van der Waals surface area (Å²) in [7, 11) is 2.38. The smallest absolute Gasteiger partial charge is 0.337 e. The highest BCUT2D eigenvalue weighted by Gasteiger charge is 2.47. The summed E-state index contributed by atoms with van der Waals surface area (Å²) in [6, 6.07) is 0. The fourth-order valence-corrected chi connectivity index (χ4v) is 3.25. The molecule has 2 rings (SSSR count). The summed E-state index contributed by atoms with van der Waals surface area (Å²) in [6.07, 6.45) is -6.36. The first-order chi connectivity index (χ1) is 13.8. The van der Waals surface area contributed by atoms with E-state index in [0.717, 1.165) is 6.26 Å². The third-order valence-corrected chi connectivity index (χ3v) is 4.93. The van der Waals surface area contributed by atoms with E-state index in [1.165, 1.54) is 20.3 Å². The number of aliphatic hydroxyl groups excluding tert-OH is 4. The molecule has 0 aliphatic carbocycles. The molecule has 0 bridgehead atoms. The molecule has 0 aromatic carbocycles. The molecule has 0 radical (unpaired) electrons. The van der Waals surface area contributed by atoms with E-state index in [-0.39, 0.29) is 12.0 Å². The van der Waals surface area contributed by atoms with Crippen molar-refractivity contribution in [3.63, 3.8) is 0 Å². The molecular formula is C18H26O11. The Morgan fingerprint density at radius 1 is 1.14 bits per heavy atom. The number of esters is 2. The van der Waals surface area contributed by atoms with Crippen LogP contribution in [0.1, 0.15) is 6.42 Å². The molecule has 11 heteroatoms. The highest BCUT2D eigenvalue weighted by molar-refractivity contribution is 5.90. The van der Waals surface area contributed by atoms with Crippen molar-refractivity contribution in [2.24, 2.45) is 11.8 Å². The summed E-state index contributed by atoms with van der Waals surface area (Å²) >= 11 is 0. The van der Waals surface area contributed by atoms with Crippen molar-refractivity contribution in [3.05, 3.63) is 24.5 Å². The molecule has 29 heavy (non-hydrogen) atoms. The summed E-state index contributed by atoms with van der Waals surface area (Å²) in [5, 5.41) is 39.2. The van der Waals surface area contributed by atoms with Crippen LogP contribution in [-0.2, 0) is 33.3 Å². The average molecular weight is 418 g/mol. The van der Waals surface area contributed by atoms with Crippen LogP contribution in [0.25, 0.3) is 0 Å². The molecule has 0 saturated carbocycles. The van der Waals surface area contributed by atoms with Gasteiger partial charge in [0.25, 0.3) is 0 Å². The van der Waals surface area contributed by atoms with E-state index < -0.39 is 67.4 Å². The van der Waals surface area contributed by atoms with Gasteiger partial charge in [0.1, 0.15) is 24.4 Å². The van der Waals surface area contributed by atoms with Gasteiger partial charge in [-0.2, -0.15) is 0 Å². The molecular weight excluding hydrogens is 392 g/mol. The van der Waals surface area contributed by atoms with Gasteiger partial charge in [-0.25, -0.2) is 4.79 Å². The second-order valence-electron chi connectivity index (χ2n) is 6.60. The lowest BCUT2D eigenvalue weighted by molar-refractivity contribution is -0.339. The molecule has 1 fully saturated rings. The van der Waals surface area contributed by atoms with Crippen LogP contribution in [-0.4, -0.2) is 90.2 Å². The lowest BCUT2D eigenvalue weighted by Crippen LogP contribution is -2.60. The zero-order valence-electron chi connectivity index (χ0n) is 16.0. The Morgan fingerprint density at radius 2 is 1.83 bits per heavy atom. The number of methoxy groups -OCH3 is 2. The number of carbonyl (C=O) groups excluding carboxylic acids is 2. The van der Waals surface area contributed by atoms with Crippen LogP contribution in [0.3, 0.4) is 0 Å². The van der Waals surface area contributed by atoms with Crippen LogP contribution >= 0.6 is 0 Å². The fraction of sp³-hybridized carbons (Fsp3) is 0.667. The summed E-state index contributed by atoms with van der Waals surface area (Å²) in [4.78, 5) is 23.9. The van der Waals surface area contributed by atoms with Gasteiger partial charge in [0.15, 0.2) is 6.29 Å². The SMILES string of the molecule is C=C[C@H]1[C@H](O[C@H]2O[C@H](CO)[C@@H](O)[C@H](O)[C@H]2O)OC=C(C(=O)OC)[C@H]1CC(=O)OC. The Kier molecular flexibility index (Phi) is 8.14. The van der Waals surface area contributed by atoms with E-state index >= 15 is 0 Å². The first-order valence-corrected chi connectivity index (χ1v) is 8.88. The van der Waals surface area contributed by atoms with Crippen LogP contribution < -0.4 is 0 Å². The van der Waals surface area contributed by atoms with E-state index in [9.17, 15) is 30.0 Å². The van der Waals surface area contributed by atoms with E-state index in [0.29, 0.717) is 0 Å². The zero-order valence-corrected chi connectivity index (χ0v) is 16.0. The fourth-order valence-electron chi connectivity index (χ4n) is 3.25. The third kappa shape index (κ3) is 4.94. The van der Waals surface area contributed by atoms with Crippen molar-refractivity contribution in [2.75, 3.05) is 20.8 Å². The Bertz CT molecular complexity index is 631. The maximum Gasteiger partial charge on any atom is 0.337 e. The molecule has 8 atom stereocenters. The predicted octanol–water partition coefficient (Wildman–Crippen LogP) is -1.80. The van der Waals surface area contributed by atoms with Crippen LogP contribution in [0.2, 0.25) is 0 Å². The maximum atomic E-state index is 12.1. The first-order valence-electron chi connectivity index (χ1n) is 8.88. The van der Waals surface area contributed by atoms with Gasteiger partial charge in [0.2, 0.25) is 6.29 Å². The summed E-state index contributed by atoms with van der Waals surface area (Å²) in [6.45, 7) is 3.06. The highest BCUT2D eigenvalue weighted by atomic mass is 16.8.